The minimum absolute atomic E-state index is 0.0131. The normalized spacial score (nSPS) is 10.7. The molecule has 0 radical (unpaired) electrons. The van der Waals surface area contributed by atoms with Gasteiger partial charge >= 0.3 is 5.97 Å². The number of carbonyl (C=O) groups is 1. The van der Waals surface area contributed by atoms with E-state index in [9.17, 15) is 9.18 Å². The molecule has 0 unspecified atom stereocenters. The number of ether oxygens (including phenoxy) is 1. The number of pyridine rings is 1. The molecule has 1 N–H and O–H groups in total. The van der Waals surface area contributed by atoms with Crippen molar-refractivity contribution >= 4 is 29.2 Å². The molecule has 3 aromatic rings. The number of aromatic nitrogens is 1. The van der Waals surface area contributed by atoms with E-state index in [1.807, 2.05) is 6.92 Å². The summed E-state index contributed by atoms with van der Waals surface area (Å²) in [5, 5.41) is 9.99. The SMILES string of the molecule is Cc1ccc(C(=O)O)nc1Cc1cc(Cl)ccc1OCc1ccc(Cl)cc1F. The Morgan fingerprint density at radius 2 is 1.79 bits per heavy atom. The Balaban J connectivity index is 1.87. The number of benzene rings is 2. The van der Waals surface area contributed by atoms with Crippen LogP contribution in [0.25, 0.3) is 0 Å². The quantitative estimate of drug-likeness (QED) is 0.556. The molecule has 0 amide bonds. The molecule has 4 nitrogen and oxygen atoms in total. The van der Waals surface area contributed by atoms with Crippen molar-refractivity contribution in [3.63, 3.8) is 0 Å². The fourth-order valence-electron chi connectivity index (χ4n) is 2.67. The second-order valence-electron chi connectivity index (χ2n) is 6.22. The second-order valence-corrected chi connectivity index (χ2v) is 7.09. The van der Waals surface area contributed by atoms with Gasteiger partial charge < -0.3 is 9.84 Å². The Labute approximate surface area is 171 Å². The summed E-state index contributed by atoms with van der Waals surface area (Å²) in [6.07, 6.45) is 0.325. The first-order chi connectivity index (χ1) is 13.3. The Morgan fingerprint density at radius 3 is 2.50 bits per heavy atom. The standard InChI is InChI=1S/C21H16Cl2FNO3/c1-12-2-6-18(21(26)27)25-19(12)9-14-8-15(22)5-7-20(14)28-11-13-3-4-16(23)10-17(13)24/h2-8,10H,9,11H2,1H3,(H,26,27). The molecule has 2 aromatic carbocycles. The van der Waals surface area contributed by atoms with Gasteiger partial charge in [-0.15, -0.1) is 0 Å². The van der Waals surface area contributed by atoms with Crippen LogP contribution in [-0.2, 0) is 13.0 Å². The lowest BCUT2D eigenvalue weighted by Crippen LogP contribution is -2.06. The van der Waals surface area contributed by atoms with Gasteiger partial charge in [-0.25, -0.2) is 14.2 Å². The van der Waals surface area contributed by atoms with Crippen molar-refractivity contribution in [1.29, 1.82) is 0 Å². The summed E-state index contributed by atoms with van der Waals surface area (Å²) in [6, 6.07) is 12.7. The first-order valence-corrected chi connectivity index (χ1v) is 9.14. The summed E-state index contributed by atoms with van der Waals surface area (Å²) in [7, 11) is 0. The fraction of sp³-hybridized carbons (Fsp3) is 0.143. The summed E-state index contributed by atoms with van der Waals surface area (Å²) < 4.78 is 19.8. The van der Waals surface area contributed by atoms with Crippen LogP contribution in [0.1, 0.15) is 32.9 Å². The number of hydrogen-bond donors (Lipinski definition) is 1. The van der Waals surface area contributed by atoms with Gasteiger partial charge in [0.2, 0.25) is 0 Å². The van der Waals surface area contributed by atoms with E-state index in [1.54, 1.807) is 36.4 Å². The van der Waals surface area contributed by atoms with E-state index in [2.05, 4.69) is 4.98 Å². The van der Waals surface area contributed by atoms with Crippen LogP contribution in [0.4, 0.5) is 4.39 Å². The van der Waals surface area contributed by atoms with Crippen molar-refractivity contribution in [3.8, 4) is 5.75 Å². The Hall–Kier alpha value is -2.63. The molecule has 0 aliphatic heterocycles. The lowest BCUT2D eigenvalue weighted by molar-refractivity contribution is 0.0690. The van der Waals surface area contributed by atoms with Gasteiger partial charge in [-0.2, -0.15) is 0 Å². The number of aromatic carboxylic acids is 1. The first kappa shape index (κ1) is 20.1. The molecule has 0 aliphatic carbocycles. The number of halogens is 3. The van der Waals surface area contributed by atoms with E-state index in [4.69, 9.17) is 33.0 Å². The fourth-order valence-corrected chi connectivity index (χ4v) is 3.02. The lowest BCUT2D eigenvalue weighted by atomic mass is 10.0. The molecule has 0 spiro atoms. The van der Waals surface area contributed by atoms with Gasteiger partial charge in [0, 0.05) is 33.3 Å². The molecule has 1 heterocycles. The minimum Gasteiger partial charge on any atom is -0.489 e. The number of carboxylic acid groups (broad SMARTS) is 1. The average Bonchev–Trinajstić information content (AvgIpc) is 2.64. The van der Waals surface area contributed by atoms with Gasteiger partial charge in [0.15, 0.2) is 0 Å². The molecule has 1 aromatic heterocycles. The molecule has 0 atom stereocenters. The van der Waals surface area contributed by atoms with E-state index >= 15 is 0 Å². The van der Waals surface area contributed by atoms with Crippen molar-refractivity contribution in [2.75, 3.05) is 0 Å². The summed E-state index contributed by atoms with van der Waals surface area (Å²) in [4.78, 5) is 15.4. The monoisotopic (exact) mass is 419 g/mol. The third-order valence-electron chi connectivity index (χ3n) is 4.20. The van der Waals surface area contributed by atoms with E-state index < -0.39 is 11.8 Å². The van der Waals surface area contributed by atoms with E-state index in [-0.39, 0.29) is 12.3 Å². The number of nitrogens with zero attached hydrogens (tertiary/aromatic N) is 1. The van der Waals surface area contributed by atoms with Crippen molar-refractivity contribution < 1.29 is 19.0 Å². The molecule has 7 heteroatoms. The van der Waals surface area contributed by atoms with Crippen LogP contribution < -0.4 is 4.74 Å². The average molecular weight is 420 g/mol. The summed E-state index contributed by atoms with van der Waals surface area (Å²) in [5.74, 6) is -1.03. The van der Waals surface area contributed by atoms with Crippen LogP contribution in [0.3, 0.4) is 0 Å². The van der Waals surface area contributed by atoms with Gasteiger partial charge in [0.05, 0.1) is 0 Å². The smallest absolute Gasteiger partial charge is 0.354 e. The van der Waals surface area contributed by atoms with Gasteiger partial charge in [-0.05, 0) is 48.9 Å². The zero-order chi connectivity index (χ0) is 20.3. The first-order valence-electron chi connectivity index (χ1n) is 8.38. The van der Waals surface area contributed by atoms with Gasteiger partial charge in [-0.1, -0.05) is 35.3 Å². The zero-order valence-corrected chi connectivity index (χ0v) is 16.4. The third-order valence-corrected chi connectivity index (χ3v) is 4.67. The van der Waals surface area contributed by atoms with Crippen molar-refractivity contribution in [3.05, 3.63) is 92.5 Å². The molecule has 0 saturated heterocycles. The molecule has 144 valence electrons. The molecular formula is C21H16Cl2FNO3. The van der Waals surface area contributed by atoms with Crippen LogP contribution in [0.5, 0.6) is 5.75 Å². The van der Waals surface area contributed by atoms with Gasteiger partial charge in [0.1, 0.15) is 23.9 Å². The topological polar surface area (TPSA) is 59.4 Å². The highest BCUT2D eigenvalue weighted by Gasteiger charge is 2.13. The molecule has 0 aliphatic rings. The van der Waals surface area contributed by atoms with Crippen LogP contribution in [-0.4, -0.2) is 16.1 Å². The van der Waals surface area contributed by atoms with Crippen LogP contribution in [0.2, 0.25) is 10.0 Å². The third kappa shape index (κ3) is 4.80. The number of hydrogen-bond acceptors (Lipinski definition) is 3. The summed E-state index contributed by atoms with van der Waals surface area (Å²) in [6.45, 7) is 1.86. The van der Waals surface area contributed by atoms with E-state index in [1.165, 1.54) is 12.1 Å². The lowest BCUT2D eigenvalue weighted by Gasteiger charge is -2.14. The predicted molar refractivity (Wildman–Crippen MR) is 106 cm³/mol. The van der Waals surface area contributed by atoms with Crippen LogP contribution >= 0.6 is 23.2 Å². The number of aryl methyl sites for hydroxylation is 1. The maximum Gasteiger partial charge on any atom is 0.354 e. The second kappa shape index (κ2) is 8.59. The van der Waals surface area contributed by atoms with Crippen LogP contribution in [0, 0.1) is 12.7 Å². The maximum absolute atomic E-state index is 14.0. The van der Waals surface area contributed by atoms with E-state index in [0.29, 0.717) is 33.5 Å². The molecular weight excluding hydrogens is 404 g/mol. The Bertz CT molecular complexity index is 1040. The highest BCUT2D eigenvalue weighted by Crippen LogP contribution is 2.27. The highest BCUT2D eigenvalue weighted by atomic mass is 35.5. The van der Waals surface area contributed by atoms with Crippen molar-refractivity contribution in [1.82, 2.24) is 4.98 Å². The number of rotatable bonds is 6. The predicted octanol–water partition coefficient (Wildman–Crippen LogP) is 5.70. The molecule has 3 rings (SSSR count). The molecule has 0 bridgehead atoms. The zero-order valence-electron chi connectivity index (χ0n) is 14.9. The Kier molecular flexibility index (Phi) is 6.17. The molecule has 0 fully saturated rings. The van der Waals surface area contributed by atoms with Gasteiger partial charge in [0.25, 0.3) is 0 Å². The largest absolute Gasteiger partial charge is 0.489 e. The summed E-state index contributed by atoms with van der Waals surface area (Å²) >= 11 is 11.9. The van der Waals surface area contributed by atoms with Crippen molar-refractivity contribution in [2.45, 2.75) is 20.0 Å². The van der Waals surface area contributed by atoms with Crippen molar-refractivity contribution in [2.24, 2.45) is 0 Å². The highest BCUT2D eigenvalue weighted by molar-refractivity contribution is 6.30. The molecule has 28 heavy (non-hydrogen) atoms. The van der Waals surface area contributed by atoms with E-state index in [0.717, 1.165) is 11.1 Å². The van der Waals surface area contributed by atoms with Gasteiger partial charge in [-0.3, -0.25) is 0 Å². The summed E-state index contributed by atoms with van der Waals surface area (Å²) in [5.41, 5.74) is 2.50. The minimum atomic E-state index is -1.10. The van der Waals surface area contributed by atoms with Crippen LogP contribution in [0.15, 0.2) is 48.5 Å². The molecule has 0 saturated carbocycles. The Morgan fingerprint density at radius 1 is 1.07 bits per heavy atom. The number of carboxylic acids is 1. The maximum atomic E-state index is 14.0.